The van der Waals surface area contributed by atoms with Crippen molar-refractivity contribution in [2.24, 2.45) is 0 Å². The van der Waals surface area contributed by atoms with Gasteiger partial charge in [-0.15, -0.1) is 0 Å². The van der Waals surface area contributed by atoms with Gasteiger partial charge in [0, 0.05) is 0 Å². The standard InChI is InChI=1S/C10H10OSe/c1-2-4-9-8(3-1)5-10(6-11-10)7-12-9/h1-4H,5-7H2. The second kappa shape index (κ2) is 2.35. The molecule has 1 aromatic carbocycles. The Balaban J connectivity index is 2.01. The van der Waals surface area contributed by atoms with Gasteiger partial charge in [-0.2, -0.15) is 0 Å². The molecule has 2 heteroatoms. The number of epoxide rings is 1. The SMILES string of the molecule is c1ccc2c(c1)CC1(CO1)C[Se]2. The molecule has 0 bridgehead atoms. The molecule has 1 aromatic rings. The van der Waals surface area contributed by atoms with Crippen molar-refractivity contribution in [2.45, 2.75) is 17.3 Å². The van der Waals surface area contributed by atoms with Gasteiger partial charge in [0.2, 0.25) is 0 Å². The molecule has 0 amide bonds. The van der Waals surface area contributed by atoms with E-state index >= 15 is 0 Å². The predicted octanol–water partition coefficient (Wildman–Crippen LogP) is 0.759. The molecule has 0 aromatic heterocycles. The summed E-state index contributed by atoms with van der Waals surface area (Å²) in [7, 11) is 0. The summed E-state index contributed by atoms with van der Waals surface area (Å²) < 4.78 is 7.10. The molecule has 0 aliphatic carbocycles. The van der Waals surface area contributed by atoms with Crippen LogP contribution in [-0.4, -0.2) is 27.2 Å². The number of ether oxygens (including phenoxy) is 1. The molecule has 2 aliphatic heterocycles. The first-order valence-corrected chi connectivity index (χ1v) is 6.30. The average molecular weight is 225 g/mol. The first kappa shape index (κ1) is 7.14. The molecule has 2 aliphatic rings. The minimum atomic E-state index is 0.300. The average Bonchev–Trinajstić information content (AvgIpc) is 2.85. The Morgan fingerprint density at radius 3 is 3.00 bits per heavy atom. The third-order valence-corrected chi connectivity index (χ3v) is 5.42. The second-order valence-corrected chi connectivity index (χ2v) is 5.68. The monoisotopic (exact) mass is 226 g/mol. The molecule has 3 rings (SSSR count). The van der Waals surface area contributed by atoms with E-state index in [0.717, 1.165) is 13.0 Å². The Morgan fingerprint density at radius 1 is 1.33 bits per heavy atom. The quantitative estimate of drug-likeness (QED) is 0.469. The summed E-state index contributed by atoms with van der Waals surface area (Å²) in [6.45, 7) is 1.00. The van der Waals surface area contributed by atoms with Crippen LogP contribution in [0.3, 0.4) is 0 Å². The first-order valence-electron chi connectivity index (χ1n) is 4.23. The third kappa shape index (κ3) is 1.03. The predicted molar refractivity (Wildman–Crippen MR) is 49.0 cm³/mol. The first-order chi connectivity index (χ1) is 5.88. The van der Waals surface area contributed by atoms with E-state index in [-0.39, 0.29) is 0 Å². The zero-order valence-corrected chi connectivity index (χ0v) is 8.46. The van der Waals surface area contributed by atoms with Gasteiger partial charge in [-0.25, -0.2) is 0 Å². The van der Waals surface area contributed by atoms with Crippen LogP contribution in [0.25, 0.3) is 0 Å². The fourth-order valence-corrected chi connectivity index (χ4v) is 4.18. The van der Waals surface area contributed by atoms with Crippen LogP contribution in [-0.2, 0) is 11.2 Å². The van der Waals surface area contributed by atoms with Crippen LogP contribution in [0.15, 0.2) is 24.3 Å². The topological polar surface area (TPSA) is 12.5 Å². The van der Waals surface area contributed by atoms with E-state index in [1.165, 1.54) is 10.9 Å². The van der Waals surface area contributed by atoms with Crippen LogP contribution in [0.5, 0.6) is 0 Å². The van der Waals surface area contributed by atoms with Crippen molar-refractivity contribution >= 4 is 19.4 Å². The summed E-state index contributed by atoms with van der Waals surface area (Å²) in [5.74, 6) is 0. The van der Waals surface area contributed by atoms with Gasteiger partial charge < -0.3 is 0 Å². The zero-order chi connectivity index (χ0) is 8.02. The minimum absolute atomic E-state index is 0.300. The summed E-state index contributed by atoms with van der Waals surface area (Å²) in [5, 5.41) is 1.29. The molecule has 1 saturated heterocycles. The summed E-state index contributed by atoms with van der Waals surface area (Å²) in [6, 6.07) is 8.80. The Morgan fingerprint density at radius 2 is 2.17 bits per heavy atom. The molecule has 1 unspecified atom stereocenters. The van der Waals surface area contributed by atoms with E-state index < -0.39 is 0 Å². The zero-order valence-electron chi connectivity index (χ0n) is 6.75. The van der Waals surface area contributed by atoms with Crippen molar-refractivity contribution in [2.75, 3.05) is 6.61 Å². The molecule has 0 N–H and O–H groups in total. The van der Waals surface area contributed by atoms with Crippen molar-refractivity contribution in [3.63, 3.8) is 0 Å². The summed E-state index contributed by atoms with van der Waals surface area (Å²) in [4.78, 5) is 0. The van der Waals surface area contributed by atoms with E-state index in [1.807, 2.05) is 0 Å². The Bertz CT molecular complexity index is 317. The van der Waals surface area contributed by atoms with Gasteiger partial charge in [-0.05, 0) is 0 Å². The van der Waals surface area contributed by atoms with Crippen LogP contribution in [0.1, 0.15) is 5.56 Å². The van der Waals surface area contributed by atoms with Crippen LogP contribution >= 0.6 is 0 Å². The number of rotatable bonds is 0. The van der Waals surface area contributed by atoms with Gasteiger partial charge in [-0.3, -0.25) is 0 Å². The van der Waals surface area contributed by atoms with E-state index in [0.29, 0.717) is 20.6 Å². The van der Waals surface area contributed by atoms with Gasteiger partial charge in [0.1, 0.15) is 0 Å². The van der Waals surface area contributed by atoms with Gasteiger partial charge >= 0.3 is 77.9 Å². The van der Waals surface area contributed by atoms with E-state index in [1.54, 1.807) is 4.46 Å². The number of fused-ring (bicyclic) bond motifs is 1. The molecule has 1 nitrogen and oxygen atoms in total. The number of hydrogen-bond acceptors (Lipinski definition) is 1. The molecular weight excluding hydrogens is 215 g/mol. The van der Waals surface area contributed by atoms with Crippen molar-refractivity contribution in [3.8, 4) is 0 Å². The maximum absolute atomic E-state index is 5.51. The molecule has 1 spiro atoms. The molecule has 0 saturated carbocycles. The van der Waals surface area contributed by atoms with Gasteiger partial charge in [-0.1, -0.05) is 0 Å². The summed E-state index contributed by atoms with van der Waals surface area (Å²) in [5.41, 5.74) is 1.83. The van der Waals surface area contributed by atoms with Crippen molar-refractivity contribution in [3.05, 3.63) is 29.8 Å². The fourth-order valence-electron chi connectivity index (χ4n) is 1.69. The van der Waals surface area contributed by atoms with Crippen LogP contribution in [0.2, 0.25) is 5.32 Å². The van der Waals surface area contributed by atoms with Crippen molar-refractivity contribution < 1.29 is 4.74 Å². The van der Waals surface area contributed by atoms with Gasteiger partial charge in [0.05, 0.1) is 0 Å². The maximum atomic E-state index is 5.51. The molecular formula is C10H10OSe. The molecule has 0 radical (unpaired) electrons. The van der Waals surface area contributed by atoms with Gasteiger partial charge in [0.25, 0.3) is 0 Å². The summed E-state index contributed by atoms with van der Waals surface area (Å²) in [6.07, 6.45) is 1.16. The van der Waals surface area contributed by atoms with Crippen molar-refractivity contribution in [1.29, 1.82) is 0 Å². The van der Waals surface area contributed by atoms with Crippen LogP contribution < -0.4 is 4.46 Å². The normalized spacial score (nSPS) is 31.7. The number of hydrogen-bond donors (Lipinski definition) is 0. The Labute approximate surface area is 78.3 Å². The number of benzene rings is 1. The third-order valence-electron chi connectivity index (χ3n) is 2.53. The molecule has 62 valence electrons. The van der Waals surface area contributed by atoms with E-state index in [9.17, 15) is 0 Å². The molecule has 12 heavy (non-hydrogen) atoms. The summed E-state index contributed by atoms with van der Waals surface area (Å²) >= 11 is 0.658. The van der Waals surface area contributed by atoms with E-state index in [2.05, 4.69) is 24.3 Å². The Kier molecular flexibility index (Phi) is 1.40. The molecule has 2 heterocycles. The van der Waals surface area contributed by atoms with Crippen LogP contribution in [0, 0.1) is 0 Å². The van der Waals surface area contributed by atoms with Crippen molar-refractivity contribution in [1.82, 2.24) is 0 Å². The Hall–Kier alpha value is -0.301. The van der Waals surface area contributed by atoms with Crippen LogP contribution in [0.4, 0.5) is 0 Å². The van der Waals surface area contributed by atoms with E-state index in [4.69, 9.17) is 4.74 Å². The molecule has 1 fully saturated rings. The fraction of sp³-hybridized carbons (Fsp3) is 0.400. The second-order valence-electron chi connectivity index (χ2n) is 3.54. The molecule has 1 atom stereocenters. The van der Waals surface area contributed by atoms with Gasteiger partial charge in [0.15, 0.2) is 0 Å².